The van der Waals surface area contributed by atoms with Gasteiger partial charge in [-0.1, -0.05) is 19.1 Å². The van der Waals surface area contributed by atoms with Crippen LogP contribution in [0.1, 0.15) is 18.9 Å². The first-order valence-electron chi connectivity index (χ1n) is 9.50. The molecule has 1 atom stereocenters. The molecule has 2 aromatic rings. The molecule has 1 unspecified atom stereocenters. The molecule has 7 heteroatoms. The lowest BCUT2D eigenvalue weighted by Gasteiger charge is -2.18. The van der Waals surface area contributed by atoms with Gasteiger partial charge in [0.1, 0.15) is 0 Å². The zero-order valence-electron chi connectivity index (χ0n) is 17.2. The highest BCUT2D eigenvalue weighted by Gasteiger charge is 2.35. The monoisotopic (exact) mass is 398 g/mol. The second-order valence-electron chi connectivity index (χ2n) is 6.83. The van der Waals surface area contributed by atoms with Crippen LogP contribution in [0, 0.1) is 5.92 Å². The van der Waals surface area contributed by atoms with Crippen LogP contribution < -0.4 is 24.4 Å². The summed E-state index contributed by atoms with van der Waals surface area (Å²) in [5.41, 5.74) is 2.50. The number of carbonyl (C=O) groups is 2. The van der Waals surface area contributed by atoms with Crippen molar-refractivity contribution in [3.8, 4) is 17.2 Å². The number of nitrogens with one attached hydrogen (secondary N) is 1. The van der Waals surface area contributed by atoms with E-state index in [1.54, 1.807) is 17.0 Å². The summed E-state index contributed by atoms with van der Waals surface area (Å²) in [6, 6.07) is 11.2. The molecule has 0 spiro atoms. The predicted octanol–water partition coefficient (Wildman–Crippen LogP) is 3.27. The van der Waals surface area contributed by atoms with E-state index < -0.39 is 5.92 Å². The molecule has 1 aliphatic heterocycles. The van der Waals surface area contributed by atoms with E-state index in [9.17, 15) is 9.59 Å². The minimum absolute atomic E-state index is 0.0525. The third-order valence-electron chi connectivity index (χ3n) is 5.06. The van der Waals surface area contributed by atoms with Crippen molar-refractivity contribution in [3.05, 3.63) is 42.0 Å². The zero-order chi connectivity index (χ0) is 21.0. The van der Waals surface area contributed by atoms with E-state index in [4.69, 9.17) is 14.2 Å². The Morgan fingerprint density at radius 2 is 1.79 bits per heavy atom. The third kappa shape index (κ3) is 4.29. The summed E-state index contributed by atoms with van der Waals surface area (Å²) < 4.78 is 15.9. The number of hydrogen-bond donors (Lipinski definition) is 1. The molecule has 0 aromatic heterocycles. The normalized spacial score (nSPS) is 15.9. The van der Waals surface area contributed by atoms with Gasteiger partial charge in [0.15, 0.2) is 11.5 Å². The summed E-state index contributed by atoms with van der Waals surface area (Å²) >= 11 is 0. The fourth-order valence-electron chi connectivity index (χ4n) is 3.47. The number of amides is 2. The van der Waals surface area contributed by atoms with Gasteiger partial charge in [-0.15, -0.1) is 0 Å². The van der Waals surface area contributed by atoms with E-state index in [0.717, 1.165) is 17.7 Å². The van der Waals surface area contributed by atoms with Crippen LogP contribution in [0.15, 0.2) is 36.4 Å². The van der Waals surface area contributed by atoms with E-state index in [1.807, 2.05) is 24.3 Å². The first-order valence-corrected chi connectivity index (χ1v) is 9.50. The largest absolute Gasteiger partial charge is 0.493 e. The summed E-state index contributed by atoms with van der Waals surface area (Å²) in [5, 5.41) is 2.87. The average molecular weight is 398 g/mol. The van der Waals surface area contributed by atoms with Crippen LogP contribution in [-0.4, -0.2) is 39.7 Å². The number of carbonyl (C=O) groups excluding carboxylic acids is 2. The molecule has 1 heterocycles. The van der Waals surface area contributed by atoms with Crippen molar-refractivity contribution in [1.82, 2.24) is 0 Å². The van der Waals surface area contributed by atoms with Crippen LogP contribution >= 0.6 is 0 Å². The van der Waals surface area contributed by atoms with Crippen molar-refractivity contribution in [1.29, 1.82) is 0 Å². The van der Waals surface area contributed by atoms with Gasteiger partial charge in [0.2, 0.25) is 17.6 Å². The maximum atomic E-state index is 12.8. The molecule has 0 radical (unpaired) electrons. The lowest BCUT2D eigenvalue weighted by Crippen LogP contribution is -2.28. The molecule has 154 valence electrons. The average Bonchev–Trinajstić information content (AvgIpc) is 3.14. The van der Waals surface area contributed by atoms with Crippen molar-refractivity contribution in [3.63, 3.8) is 0 Å². The van der Waals surface area contributed by atoms with E-state index in [-0.39, 0.29) is 18.2 Å². The van der Waals surface area contributed by atoms with Crippen LogP contribution in [0.3, 0.4) is 0 Å². The number of nitrogens with zero attached hydrogens (tertiary/aromatic N) is 1. The van der Waals surface area contributed by atoms with E-state index in [2.05, 4.69) is 12.2 Å². The minimum atomic E-state index is -0.438. The smallest absolute Gasteiger partial charge is 0.229 e. The lowest BCUT2D eigenvalue weighted by atomic mass is 10.1. The Labute approximate surface area is 170 Å². The Bertz CT molecular complexity index is 887. The number of methoxy groups -OCH3 is 3. The zero-order valence-corrected chi connectivity index (χ0v) is 17.2. The fourth-order valence-corrected chi connectivity index (χ4v) is 3.47. The molecule has 1 N–H and O–H groups in total. The molecule has 0 aliphatic carbocycles. The predicted molar refractivity (Wildman–Crippen MR) is 111 cm³/mol. The molecular formula is C22H26N2O5. The Kier molecular flexibility index (Phi) is 6.26. The second kappa shape index (κ2) is 8.86. The molecule has 1 saturated heterocycles. The van der Waals surface area contributed by atoms with E-state index in [1.165, 1.54) is 21.3 Å². The minimum Gasteiger partial charge on any atom is -0.493 e. The Hall–Kier alpha value is -3.22. The molecule has 2 aromatic carbocycles. The summed E-state index contributed by atoms with van der Waals surface area (Å²) in [7, 11) is 4.55. The van der Waals surface area contributed by atoms with Crippen LogP contribution in [0.5, 0.6) is 17.2 Å². The highest BCUT2D eigenvalue weighted by molar-refractivity contribution is 6.03. The summed E-state index contributed by atoms with van der Waals surface area (Å²) in [5.74, 6) is 0.633. The van der Waals surface area contributed by atoms with Crippen LogP contribution in [0.4, 0.5) is 11.4 Å². The standard InChI is InChI=1S/C22H26N2O5/c1-5-14-7-6-8-17(9-14)24-13-15(10-20(24)25)22(26)23-16-11-18(27-2)21(29-4)19(12-16)28-3/h6-9,11-12,15H,5,10,13H2,1-4H3,(H,23,26). The Morgan fingerprint density at radius 1 is 1.10 bits per heavy atom. The van der Waals surface area contributed by atoms with Crippen molar-refractivity contribution < 1.29 is 23.8 Å². The third-order valence-corrected chi connectivity index (χ3v) is 5.06. The van der Waals surface area contributed by atoms with Crippen molar-refractivity contribution >= 4 is 23.2 Å². The summed E-state index contributed by atoms with van der Waals surface area (Å²) in [4.78, 5) is 27.0. The Morgan fingerprint density at radius 3 is 2.38 bits per heavy atom. The van der Waals surface area contributed by atoms with Crippen molar-refractivity contribution in [2.75, 3.05) is 38.1 Å². The van der Waals surface area contributed by atoms with E-state index in [0.29, 0.717) is 29.5 Å². The van der Waals surface area contributed by atoms with Gasteiger partial charge in [-0.25, -0.2) is 0 Å². The van der Waals surface area contributed by atoms with Crippen LogP contribution in [-0.2, 0) is 16.0 Å². The molecular weight excluding hydrogens is 372 g/mol. The highest BCUT2D eigenvalue weighted by Crippen LogP contribution is 2.40. The van der Waals surface area contributed by atoms with Gasteiger partial charge in [-0.2, -0.15) is 0 Å². The SMILES string of the molecule is CCc1cccc(N2CC(C(=O)Nc3cc(OC)c(OC)c(OC)c3)CC2=O)c1. The Balaban J connectivity index is 1.75. The molecule has 29 heavy (non-hydrogen) atoms. The number of hydrogen-bond acceptors (Lipinski definition) is 5. The van der Waals surface area contributed by atoms with Crippen molar-refractivity contribution in [2.24, 2.45) is 5.92 Å². The summed E-state index contributed by atoms with van der Waals surface area (Å²) in [6.07, 6.45) is 1.06. The van der Waals surface area contributed by atoms with Crippen molar-refractivity contribution in [2.45, 2.75) is 19.8 Å². The highest BCUT2D eigenvalue weighted by atomic mass is 16.5. The number of benzene rings is 2. The lowest BCUT2D eigenvalue weighted by molar-refractivity contribution is -0.122. The molecule has 3 rings (SSSR count). The van der Waals surface area contributed by atoms with Crippen LogP contribution in [0.25, 0.3) is 0 Å². The van der Waals surface area contributed by atoms with Gasteiger partial charge in [-0.3, -0.25) is 9.59 Å². The number of ether oxygens (including phenoxy) is 3. The van der Waals surface area contributed by atoms with Gasteiger partial charge in [0.25, 0.3) is 0 Å². The van der Waals surface area contributed by atoms with Gasteiger partial charge in [0.05, 0.1) is 27.2 Å². The maximum Gasteiger partial charge on any atom is 0.229 e. The topological polar surface area (TPSA) is 77.1 Å². The molecule has 0 bridgehead atoms. The quantitative estimate of drug-likeness (QED) is 0.775. The summed E-state index contributed by atoms with van der Waals surface area (Å²) in [6.45, 7) is 2.42. The first kappa shape index (κ1) is 20.5. The van der Waals surface area contributed by atoms with Gasteiger partial charge < -0.3 is 24.4 Å². The molecule has 7 nitrogen and oxygen atoms in total. The first-order chi connectivity index (χ1) is 14.0. The molecule has 1 aliphatic rings. The van der Waals surface area contributed by atoms with E-state index >= 15 is 0 Å². The molecule has 0 saturated carbocycles. The molecule has 2 amide bonds. The number of aryl methyl sites for hydroxylation is 1. The maximum absolute atomic E-state index is 12.8. The van der Waals surface area contributed by atoms with Crippen LogP contribution in [0.2, 0.25) is 0 Å². The van der Waals surface area contributed by atoms with Gasteiger partial charge in [0, 0.05) is 36.5 Å². The van der Waals surface area contributed by atoms with Gasteiger partial charge in [-0.05, 0) is 24.1 Å². The fraction of sp³-hybridized carbons (Fsp3) is 0.364. The van der Waals surface area contributed by atoms with Gasteiger partial charge >= 0.3 is 0 Å². The number of rotatable bonds is 7. The number of anilines is 2. The second-order valence-corrected chi connectivity index (χ2v) is 6.83. The molecule has 1 fully saturated rings.